The first-order chi connectivity index (χ1) is 9.77. The Morgan fingerprint density at radius 1 is 0.950 bits per heavy atom. The molecule has 100 valence electrons. The number of ketones is 1. The number of carbonyl (C=O) groups is 1. The van der Waals surface area contributed by atoms with Crippen LogP contribution in [-0.4, -0.2) is 10.9 Å². The van der Waals surface area contributed by atoms with Gasteiger partial charge in [-0.3, -0.25) is 4.79 Å². The van der Waals surface area contributed by atoms with Crippen LogP contribution in [0.1, 0.15) is 29.9 Å². The number of Topliss-reactive ketones (excluding diaryl/α,β-unsaturated/α-hetero) is 1. The number of hydrogen-bond donors (Lipinski definition) is 1. The molecular weight excluding hydrogens is 248 g/mol. The Balaban J connectivity index is 2.07. The lowest BCUT2D eigenvalue weighted by Crippen LogP contribution is -2.04. The molecule has 0 heterocycles. The van der Waals surface area contributed by atoms with Crippen LogP contribution in [0.15, 0.2) is 66.2 Å². The summed E-state index contributed by atoms with van der Waals surface area (Å²) in [5.74, 6) is 0.186. The van der Waals surface area contributed by atoms with Crippen LogP contribution in [0.5, 0.6) is 0 Å². The van der Waals surface area contributed by atoms with Gasteiger partial charge in [-0.15, -0.1) is 0 Å². The molecule has 1 atom stereocenters. The summed E-state index contributed by atoms with van der Waals surface area (Å²) in [5, 5.41) is 10.5. The second kappa shape index (κ2) is 5.33. The van der Waals surface area contributed by atoms with Gasteiger partial charge in [-0.2, -0.15) is 0 Å². The number of aliphatic hydroxyl groups excluding tert-OH is 1. The van der Waals surface area contributed by atoms with E-state index in [2.05, 4.69) is 0 Å². The van der Waals surface area contributed by atoms with Gasteiger partial charge < -0.3 is 5.11 Å². The summed E-state index contributed by atoms with van der Waals surface area (Å²) in [6.45, 7) is 0. The number of allylic oxidation sites excluding steroid dienone is 1. The molecule has 2 aromatic carbocycles. The van der Waals surface area contributed by atoms with E-state index in [1.54, 1.807) is 0 Å². The molecule has 2 heteroatoms. The fourth-order valence-electron chi connectivity index (χ4n) is 2.82. The third-order valence-electron chi connectivity index (χ3n) is 3.81. The van der Waals surface area contributed by atoms with Gasteiger partial charge >= 0.3 is 0 Å². The Hall–Kier alpha value is -2.35. The van der Waals surface area contributed by atoms with E-state index < -0.39 is 0 Å². The smallest absolute Gasteiger partial charge is 0.163 e. The van der Waals surface area contributed by atoms with Gasteiger partial charge in [0.1, 0.15) is 5.76 Å². The molecule has 1 N–H and O–H groups in total. The normalized spacial score (nSPS) is 21.0. The van der Waals surface area contributed by atoms with Crippen molar-refractivity contribution in [2.75, 3.05) is 0 Å². The molecule has 2 nitrogen and oxygen atoms in total. The van der Waals surface area contributed by atoms with Crippen LogP contribution >= 0.6 is 0 Å². The standard InChI is InChI=1S/C18H16O2/c19-16-12-11-15(13-7-3-1-4-8-13)17(16)18(20)14-9-5-2-6-10-14/h1-10,15,20H,11-12H2/b18-17+. The van der Waals surface area contributed by atoms with Gasteiger partial charge in [0.25, 0.3) is 0 Å². The van der Waals surface area contributed by atoms with Crippen LogP contribution in [0.3, 0.4) is 0 Å². The average Bonchev–Trinajstić information content (AvgIpc) is 2.90. The van der Waals surface area contributed by atoms with Crippen molar-refractivity contribution in [1.29, 1.82) is 0 Å². The van der Waals surface area contributed by atoms with Gasteiger partial charge in [0.15, 0.2) is 5.78 Å². The first kappa shape index (κ1) is 12.7. The molecule has 0 radical (unpaired) electrons. The van der Waals surface area contributed by atoms with Crippen molar-refractivity contribution in [3.63, 3.8) is 0 Å². The van der Waals surface area contributed by atoms with Gasteiger partial charge in [0.05, 0.1) is 0 Å². The molecule has 1 aliphatic carbocycles. The van der Waals surface area contributed by atoms with Crippen LogP contribution < -0.4 is 0 Å². The third-order valence-corrected chi connectivity index (χ3v) is 3.81. The van der Waals surface area contributed by atoms with Crippen molar-refractivity contribution < 1.29 is 9.90 Å². The van der Waals surface area contributed by atoms with Crippen LogP contribution in [0.4, 0.5) is 0 Å². The zero-order chi connectivity index (χ0) is 13.9. The molecule has 1 fully saturated rings. The number of rotatable bonds is 2. The summed E-state index contributed by atoms with van der Waals surface area (Å²) in [6, 6.07) is 19.2. The van der Waals surface area contributed by atoms with Crippen LogP contribution in [0.25, 0.3) is 5.76 Å². The quantitative estimate of drug-likeness (QED) is 0.655. The Morgan fingerprint density at radius 2 is 1.55 bits per heavy atom. The zero-order valence-electron chi connectivity index (χ0n) is 11.1. The number of hydrogen-bond acceptors (Lipinski definition) is 2. The highest BCUT2D eigenvalue weighted by atomic mass is 16.3. The minimum atomic E-state index is 0.00362. The first-order valence-electron chi connectivity index (χ1n) is 6.84. The molecule has 1 saturated carbocycles. The highest BCUT2D eigenvalue weighted by molar-refractivity contribution is 6.04. The van der Waals surface area contributed by atoms with E-state index in [0.717, 1.165) is 12.0 Å². The minimum Gasteiger partial charge on any atom is -0.507 e. The molecule has 0 aliphatic heterocycles. The highest BCUT2D eigenvalue weighted by Crippen LogP contribution is 2.40. The average molecular weight is 264 g/mol. The predicted octanol–water partition coefficient (Wildman–Crippen LogP) is 4.10. The fourth-order valence-corrected chi connectivity index (χ4v) is 2.82. The van der Waals surface area contributed by atoms with E-state index in [4.69, 9.17) is 0 Å². The van der Waals surface area contributed by atoms with Crippen molar-refractivity contribution in [3.8, 4) is 0 Å². The molecule has 0 aromatic heterocycles. The van der Waals surface area contributed by atoms with E-state index in [1.165, 1.54) is 0 Å². The first-order valence-corrected chi connectivity index (χ1v) is 6.84. The van der Waals surface area contributed by atoms with E-state index in [-0.39, 0.29) is 17.5 Å². The molecule has 2 aromatic rings. The van der Waals surface area contributed by atoms with Crippen LogP contribution in [0, 0.1) is 0 Å². The molecule has 1 unspecified atom stereocenters. The largest absolute Gasteiger partial charge is 0.507 e. The predicted molar refractivity (Wildman–Crippen MR) is 79.4 cm³/mol. The fraction of sp³-hybridized carbons (Fsp3) is 0.167. The van der Waals surface area contributed by atoms with E-state index in [0.29, 0.717) is 17.6 Å². The van der Waals surface area contributed by atoms with Crippen molar-refractivity contribution in [3.05, 3.63) is 77.4 Å². The summed E-state index contributed by atoms with van der Waals surface area (Å²) in [4.78, 5) is 12.2. The lowest BCUT2D eigenvalue weighted by Gasteiger charge is -2.13. The Kier molecular flexibility index (Phi) is 3.38. The maximum atomic E-state index is 12.2. The topological polar surface area (TPSA) is 37.3 Å². The number of carbonyl (C=O) groups excluding carboxylic acids is 1. The van der Waals surface area contributed by atoms with Gasteiger partial charge in [-0.1, -0.05) is 60.7 Å². The van der Waals surface area contributed by atoms with Crippen LogP contribution in [-0.2, 0) is 4.79 Å². The number of benzene rings is 2. The maximum Gasteiger partial charge on any atom is 0.163 e. The zero-order valence-corrected chi connectivity index (χ0v) is 11.1. The number of aliphatic hydroxyl groups is 1. The van der Waals surface area contributed by atoms with Crippen LogP contribution in [0.2, 0.25) is 0 Å². The molecule has 3 rings (SSSR count). The molecule has 0 bridgehead atoms. The molecular formula is C18H16O2. The summed E-state index contributed by atoms with van der Waals surface area (Å²) in [6.07, 6.45) is 1.28. The van der Waals surface area contributed by atoms with Crippen molar-refractivity contribution in [2.24, 2.45) is 0 Å². The SMILES string of the molecule is O=C1CCC(c2ccccc2)/C1=C(\O)c1ccccc1. The van der Waals surface area contributed by atoms with Gasteiger partial charge in [0, 0.05) is 23.5 Å². The Labute approximate surface area is 118 Å². The van der Waals surface area contributed by atoms with Crippen molar-refractivity contribution in [2.45, 2.75) is 18.8 Å². The van der Waals surface area contributed by atoms with E-state index in [9.17, 15) is 9.90 Å². The van der Waals surface area contributed by atoms with E-state index in [1.807, 2.05) is 60.7 Å². The van der Waals surface area contributed by atoms with Gasteiger partial charge in [-0.25, -0.2) is 0 Å². The molecule has 20 heavy (non-hydrogen) atoms. The Morgan fingerprint density at radius 3 is 2.20 bits per heavy atom. The summed E-state index contributed by atoms with van der Waals surface area (Å²) in [7, 11) is 0. The highest BCUT2D eigenvalue weighted by Gasteiger charge is 2.33. The van der Waals surface area contributed by atoms with Crippen molar-refractivity contribution >= 4 is 11.5 Å². The molecule has 0 spiro atoms. The van der Waals surface area contributed by atoms with E-state index >= 15 is 0 Å². The van der Waals surface area contributed by atoms with Gasteiger partial charge in [-0.05, 0) is 12.0 Å². The monoisotopic (exact) mass is 264 g/mol. The second-order valence-electron chi connectivity index (χ2n) is 5.05. The Bertz CT molecular complexity index is 642. The molecule has 0 saturated heterocycles. The maximum absolute atomic E-state index is 12.2. The minimum absolute atomic E-state index is 0.00362. The second-order valence-corrected chi connectivity index (χ2v) is 5.05. The summed E-state index contributed by atoms with van der Waals surface area (Å²) in [5.41, 5.74) is 2.36. The summed E-state index contributed by atoms with van der Waals surface area (Å²) < 4.78 is 0. The molecule has 0 amide bonds. The third kappa shape index (κ3) is 2.25. The lowest BCUT2D eigenvalue weighted by molar-refractivity contribution is -0.114. The van der Waals surface area contributed by atoms with Crippen molar-refractivity contribution in [1.82, 2.24) is 0 Å². The molecule has 1 aliphatic rings. The lowest BCUT2D eigenvalue weighted by atomic mass is 9.91. The summed E-state index contributed by atoms with van der Waals surface area (Å²) >= 11 is 0. The van der Waals surface area contributed by atoms with Gasteiger partial charge in [0.2, 0.25) is 0 Å².